The van der Waals surface area contributed by atoms with Crippen molar-refractivity contribution in [3.8, 4) is 0 Å². The summed E-state index contributed by atoms with van der Waals surface area (Å²) in [5, 5.41) is 0. The molecule has 0 radical (unpaired) electrons. The quantitative estimate of drug-likeness (QED) is 0.431. The Balaban J connectivity index is 1.44. The Morgan fingerprint density at radius 2 is 1.97 bits per heavy atom. The molecule has 0 N–H and O–H groups in total. The molecule has 5 atom stereocenters. The number of hydrogen-bond donors (Lipinski definition) is 0. The number of carbonyl (C=O) groups is 1. The molecule has 3 nitrogen and oxygen atoms in total. The third-order valence-corrected chi connectivity index (χ3v) is 9.53. The van der Waals surface area contributed by atoms with E-state index in [4.69, 9.17) is 0 Å². The van der Waals surface area contributed by atoms with Gasteiger partial charge in [-0.1, -0.05) is 44.1 Å². The first-order chi connectivity index (χ1) is 14.6. The molecule has 5 unspecified atom stereocenters. The number of allylic oxidation sites excluding steroid dienone is 4. The van der Waals surface area contributed by atoms with Gasteiger partial charge in [0.2, 0.25) is 0 Å². The smallest absolute Gasteiger partial charge is 0.147 e. The van der Waals surface area contributed by atoms with E-state index in [0.29, 0.717) is 17.3 Å². The lowest BCUT2D eigenvalue weighted by atomic mass is 9.48. The molecule has 4 aliphatic carbocycles. The van der Waals surface area contributed by atoms with E-state index in [-0.39, 0.29) is 5.41 Å². The van der Waals surface area contributed by atoms with E-state index in [0.717, 1.165) is 35.2 Å². The van der Waals surface area contributed by atoms with Crippen LogP contribution < -0.4 is 0 Å². The zero-order chi connectivity index (χ0) is 20.5. The van der Waals surface area contributed by atoms with Gasteiger partial charge in [-0.05, 0) is 80.2 Å². The van der Waals surface area contributed by atoms with Gasteiger partial charge in [0, 0.05) is 16.7 Å². The molecular weight excluding hydrogens is 368 g/mol. The molecule has 30 heavy (non-hydrogen) atoms. The predicted octanol–water partition coefficient (Wildman–Crippen LogP) is 6.41. The molecule has 6 rings (SSSR count). The normalized spacial score (nSPS) is 38.1. The molecule has 0 saturated heterocycles. The summed E-state index contributed by atoms with van der Waals surface area (Å²) in [4.78, 5) is 16.9. The summed E-state index contributed by atoms with van der Waals surface area (Å²) < 4.78 is 2.24. The van der Waals surface area contributed by atoms with Crippen molar-refractivity contribution in [1.29, 1.82) is 0 Å². The number of aromatic nitrogens is 2. The van der Waals surface area contributed by atoms with Crippen LogP contribution in [0.5, 0.6) is 0 Å². The summed E-state index contributed by atoms with van der Waals surface area (Å²) in [6, 6.07) is 8.31. The Morgan fingerprint density at radius 3 is 2.83 bits per heavy atom. The van der Waals surface area contributed by atoms with Crippen molar-refractivity contribution in [1.82, 2.24) is 9.55 Å². The molecular formula is C27H32N2O. The Labute approximate surface area is 179 Å². The van der Waals surface area contributed by atoms with Crippen molar-refractivity contribution in [2.24, 2.45) is 28.6 Å². The monoisotopic (exact) mass is 400 g/mol. The molecule has 156 valence electrons. The topological polar surface area (TPSA) is 34.9 Å². The Bertz CT molecular complexity index is 1090. The number of rotatable bonds is 2. The second-order valence-electron chi connectivity index (χ2n) is 10.7. The minimum atomic E-state index is 0.0528. The Kier molecular flexibility index (Phi) is 3.98. The lowest BCUT2D eigenvalue weighted by molar-refractivity contribution is -0.105. The molecule has 1 heterocycles. The van der Waals surface area contributed by atoms with Gasteiger partial charge in [0.1, 0.15) is 12.6 Å². The third-order valence-electron chi connectivity index (χ3n) is 9.53. The highest BCUT2D eigenvalue weighted by Crippen LogP contribution is 2.66. The Morgan fingerprint density at radius 1 is 1.10 bits per heavy atom. The molecule has 2 fully saturated rings. The van der Waals surface area contributed by atoms with Crippen molar-refractivity contribution in [3.63, 3.8) is 0 Å². The van der Waals surface area contributed by atoms with Crippen LogP contribution >= 0.6 is 0 Å². The van der Waals surface area contributed by atoms with Crippen molar-refractivity contribution in [3.05, 3.63) is 47.8 Å². The maximum atomic E-state index is 12.3. The van der Waals surface area contributed by atoms with Gasteiger partial charge in [-0.15, -0.1) is 0 Å². The number of nitrogens with zero attached hydrogens (tertiary/aromatic N) is 2. The van der Waals surface area contributed by atoms with Crippen molar-refractivity contribution in [2.45, 2.75) is 65.2 Å². The lowest BCUT2D eigenvalue weighted by Gasteiger charge is -2.57. The summed E-state index contributed by atoms with van der Waals surface area (Å²) in [7, 11) is 0. The lowest BCUT2D eigenvalue weighted by Crippen LogP contribution is -2.49. The van der Waals surface area contributed by atoms with E-state index < -0.39 is 0 Å². The van der Waals surface area contributed by atoms with Crippen LogP contribution in [0.2, 0.25) is 0 Å². The van der Waals surface area contributed by atoms with Gasteiger partial charge < -0.3 is 4.57 Å². The molecule has 1 aromatic heterocycles. The first-order valence-corrected chi connectivity index (χ1v) is 11.9. The average Bonchev–Trinajstić information content (AvgIpc) is 3.30. The summed E-state index contributed by atoms with van der Waals surface area (Å²) in [5.74, 6) is 2.03. The van der Waals surface area contributed by atoms with Crippen LogP contribution in [0, 0.1) is 28.6 Å². The van der Waals surface area contributed by atoms with E-state index in [1.807, 2.05) is 12.4 Å². The number of fused-ring (bicyclic) bond motifs is 6. The number of carbonyl (C=O) groups excluding carboxylic acids is 1. The largest absolute Gasteiger partial charge is 0.302 e. The average molecular weight is 401 g/mol. The van der Waals surface area contributed by atoms with Crippen LogP contribution in [0.3, 0.4) is 0 Å². The number of hydrogen-bond acceptors (Lipinski definition) is 2. The summed E-state index contributed by atoms with van der Waals surface area (Å²) >= 11 is 0. The van der Waals surface area contributed by atoms with Crippen LogP contribution in [0.25, 0.3) is 16.7 Å². The van der Waals surface area contributed by atoms with E-state index in [1.165, 1.54) is 50.6 Å². The number of aldehydes is 1. The number of imidazole rings is 1. The van der Waals surface area contributed by atoms with Crippen LogP contribution in [-0.2, 0) is 4.79 Å². The molecule has 2 aromatic rings. The van der Waals surface area contributed by atoms with Crippen LogP contribution in [0.15, 0.2) is 47.8 Å². The van der Waals surface area contributed by atoms with Gasteiger partial charge in [0.05, 0.1) is 11.0 Å². The molecule has 0 amide bonds. The molecule has 3 heteroatoms. The molecule has 1 aromatic carbocycles. The third kappa shape index (κ3) is 2.32. The van der Waals surface area contributed by atoms with E-state index >= 15 is 0 Å². The van der Waals surface area contributed by atoms with Gasteiger partial charge in [0.15, 0.2) is 0 Å². The number of para-hydroxylation sites is 2. The maximum absolute atomic E-state index is 12.3. The fourth-order valence-electron chi connectivity index (χ4n) is 8.06. The minimum Gasteiger partial charge on any atom is -0.302 e. The molecule has 0 spiro atoms. The first-order valence-electron chi connectivity index (χ1n) is 11.9. The fraction of sp³-hybridized carbons (Fsp3) is 0.556. The van der Waals surface area contributed by atoms with Crippen LogP contribution in [0.4, 0.5) is 0 Å². The molecule has 2 saturated carbocycles. The summed E-state index contributed by atoms with van der Waals surface area (Å²) in [6.07, 6.45) is 15.7. The second-order valence-corrected chi connectivity index (χ2v) is 10.7. The Hall–Kier alpha value is -2.16. The minimum absolute atomic E-state index is 0.0528. The second kappa shape index (κ2) is 6.42. The molecule has 0 aliphatic heterocycles. The van der Waals surface area contributed by atoms with E-state index in [1.54, 1.807) is 5.57 Å². The highest BCUT2D eigenvalue weighted by atomic mass is 16.1. The maximum Gasteiger partial charge on any atom is 0.147 e. The summed E-state index contributed by atoms with van der Waals surface area (Å²) in [6.45, 7) is 5.00. The standard InChI is InChI=1S/C27H32N2O/c1-26-13-6-5-7-19(26)10-11-20-21(26)12-14-27(2)22(20)15-18(16-30)25(27)29-17-28-23-8-3-4-9-24(23)29/h3-4,8-10,16-17,20-22H,5-7,11-15H2,1-2H3. The van der Waals surface area contributed by atoms with Crippen LogP contribution in [-0.4, -0.2) is 15.8 Å². The summed E-state index contributed by atoms with van der Waals surface area (Å²) in [5.41, 5.74) is 6.58. The highest BCUT2D eigenvalue weighted by Gasteiger charge is 2.58. The van der Waals surface area contributed by atoms with E-state index in [9.17, 15) is 4.79 Å². The van der Waals surface area contributed by atoms with Crippen molar-refractivity contribution in [2.75, 3.05) is 0 Å². The predicted molar refractivity (Wildman–Crippen MR) is 121 cm³/mol. The fourth-order valence-corrected chi connectivity index (χ4v) is 8.06. The van der Waals surface area contributed by atoms with Gasteiger partial charge >= 0.3 is 0 Å². The SMILES string of the molecule is CC12CCCCC1=CCC1C2CCC2(C)C(n3cnc4ccccc43)=C(C=O)CC12. The zero-order valence-electron chi connectivity index (χ0n) is 18.2. The molecule has 0 bridgehead atoms. The number of benzene rings is 1. The zero-order valence-corrected chi connectivity index (χ0v) is 18.2. The van der Waals surface area contributed by atoms with Crippen molar-refractivity contribution < 1.29 is 4.79 Å². The van der Waals surface area contributed by atoms with Crippen molar-refractivity contribution >= 4 is 23.0 Å². The van der Waals surface area contributed by atoms with Gasteiger partial charge in [-0.3, -0.25) is 4.79 Å². The van der Waals surface area contributed by atoms with Crippen LogP contribution in [0.1, 0.15) is 65.2 Å². The first kappa shape index (κ1) is 18.6. The van der Waals surface area contributed by atoms with Gasteiger partial charge in [-0.2, -0.15) is 0 Å². The molecule has 4 aliphatic rings. The van der Waals surface area contributed by atoms with E-state index in [2.05, 4.69) is 47.7 Å². The highest BCUT2D eigenvalue weighted by molar-refractivity contribution is 5.90. The van der Waals surface area contributed by atoms with Gasteiger partial charge in [0.25, 0.3) is 0 Å². The van der Waals surface area contributed by atoms with Gasteiger partial charge in [-0.25, -0.2) is 4.98 Å².